The Kier molecular flexibility index (Phi) is 4.02. The van der Waals surface area contributed by atoms with Crippen LogP contribution in [-0.4, -0.2) is 6.04 Å². The minimum absolute atomic E-state index is 0.0237. The predicted molar refractivity (Wildman–Crippen MR) is 72.9 cm³/mol. The summed E-state index contributed by atoms with van der Waals surface area (Å²) in [6, 6.07) is 8.50. The number of furan rings is 1. The Bertz CT molecular complexity index is 505. The molecule has 0 aliphatic rings. The van der Waals surface area contributed by atoms with Crippen molar-refractivity contribution in [1.82, 2.24) is 5.43 Å². The van der Waals surface area contributed by atoms with Crippen LogP contribution in [0.4, 0.5) is 4.39 Å². The Labute approximate surface area is 112 Å². The molecule has 1 heterocycles. The molecule has 0 fully saturated rings. The number of nitrogens with one attached hydrogen (secondary N) is 1. The molecule has 4 heteroatoms. The fourth-order valence-corrected chi connectivity index (χ4v) is 2.25. The third-order valence-electron chi connectivity index (χ3n) is 3.68. The first-order valence-corrected chi connectivity index (χ1v) is 6.27. The predicted octanol–water partition coefficient (Wildman–Crippen LogP) is 2.77. The average Bonchev–Trinajstić information content (AvgIpc) is 2.89. The molecule has 0 saturated carbocycles. The van der Waals surface area contributed by atoms with Crippen LogP contribution in [0, 0.1) is 5.82 Å². The van der Waals surface area contributed by atoms with Gasteiger partial charge < -0.3 is 4.42 Å². The van der Waals surface area contributed by atoms with E-state index < -0.39 is 0 Å². The monoisotopic (exact) mass is 262 g/mol. The topological polar surface area (TPSA) is 51.2 Å². The highest BCUT2D eigenvalue weighted by atomic mass is 19.1. The van der Waals surface area contributed by atoms with E-state index in [2.05, 4.69) is 19.3 Å². The number of hydrazine groups is 1. The molecule has 0 radical (unpaired) electrons. The van der Waals surface area contributed by atoms with Gasteiger partial charge in [-0.1, -0.05) is 26.0 Å². The maximum absolute atomic E-state index is 13.0. The second kappa shape index (κ2) is 5.55. The smallest absolute Gasteiger partial charge is 0.123 e. The zero-order valence-corrected chi connectivity index (χ0v) is 11.2. The van der Waals surface area contributed by atoms with Gasteiger partial charge in [-0.2, -0.15) is 0 Å². The summed E-state index contributed by atoms with van der Waals surface area (Å²) >= 11 is 0. The second-order valence-corrected chi connectivity index (χ2v) is 5.28. The highest BCUT2D eigenvalue weighted by Gasteiger charge is 2.30. The lowest BCUT2D eigenvalue weighted by Crippen LogP contribution is -2.49. The van der Waals surface area contributed by atoms with Gasteiger partial charge in [0.25, 0.3) is 0 Å². The van der Waals surface area contributed by atoms with Crippen molar-refractivity contribution in [2.24, 2.45) is 5.84 Å². The highest BCUT2D eigenvalue weighted by molar-refractivity contribution is 5.27. The number of nitrogens with two attached hydrogens (primary N) is 1. The molecule has 2 rings (SSSR count). The number of benzene rings is 1. The van der Waals surface area contributed by atoms with Crippen molar-refractivity contribution in [1.29, 1.82) is 0 Å². The van der Waals surface area contributed by atoms with E-state index in [4.69, 9.17) is 10.3 Å². The number of halogens is 1. The van der Waals surface area contributed by atoms with E-state index in [9.17, 15) is 4.39 Å². The van der Waals surface area contributed by atoms with Gasteiger partial charge in [0.1, 0.15) is 5.82 Å². The van der Waals surface area contributed by atoms with Gasteiger partial charge in [0, 0.05) is 11.5 Å². The molecule has 0 amide bonds. The van der Waals surface area contributed by atoms with Crippen LogP contribution in [0.2, 0.25) is 0 Å². The molecule has 0 bridgehead atoms. The van der Waals surface area contributed by atoms with Crippen LogP contribution in [-0.2, 0) is 11.8 Å². The van der Waals surface area contributed by atoms with Gasteiger partial charge in [-0.05, 0) is 35.7 Å². The summed E-state index contributed by atoms with van der Waals surface area (Å²) in [6.45, 7) is 4.18. The summed E-state index contributed by atoms with van der Waals surface area (Å²) in [4.78, 5) is 0. The fourth-order valence-electron chi connectivity index (χ4n) is 2.25. The van der Waals surface area contributed by atoms with E-state index in [1.165, 1.54) is 12.1 Å². The maximum atomic E-state index is 13.0. The minimum atomic E-state index is -0.230. The van der Waals surface area contributed by atoms with Gasteiger partial charge in [0.05, 0.1) is 12.5 Å². The van der Waals surface area contributed by atoms with Crippen LogP contribution < -0.4 is 11.3 Å². The summed E-state index contributed by atoms with van der Waals surface area (Å²) in [5.74, 6) is 5.46. The van der Waals surface area contributed by atoms with Crippen LogP contribution in [0.1, 0.15) is 25.0 Å². The van der Waals surface area contributed by atoms with Crippen molar-refractivity contribution in [2.45, 2.75) is 31.7 Å². The van der Waals surface area contributed by atoms with Gasteiger partial charge >= 0.3 is 0 Å². The molecular formula is C15H19FN2O. The van der Waals surface area contributed by atoms with Gasteiger partial charge in [0.2, 0.25) is 0 Å². The molecule has 2 aromatic rings. The molecule has 0 aliphatic carbocycles. The van der Waals surface area contributed by atoms with Crippen molar-refractivity contribution in [3.05, 3.63) is 59.8 Å². The van der Waals surface area contributed by atoms with Crippen LogP contribution >= 0.6 is 0 Å². The summed E-state index contributed by atoms with van der Waals surface area (Å²) in [5.41, 5.74) is 4.76. The van der Waals surface area contributed by atoms with Crippen LogP contribution in [0.3, 0.4) is 0 Å². The van der Waals surface area contributed by atoms with E-state index in [1.807, 2.05) is 6.07 Å². The number of hydrogen-bond donors (Lipinski definition) is 2. The lowest BCUT2D eigenvalue weighted by Gasteiger charge is -2.34. The van der Waals surface area contributed by atoms with E-state index in [1.54, 1.807) is 24.7 Å². The Balaban J connectivity index is 2.22. The van der Waals surface area contributed by atoms with Gasteiger partial charge in [-0.15, -0.1) is 0 Å². The molecular weight excluding hydrogens is 243 g/mol. The molecule has 102 valence electrons. The molecule has 3 N–H and O–H groups in total. The first-order valence-electron chi connectivity index (χ1n) is 6.27. The molecule has 1 unspecified atom stereocenters. The average molecular weight is 262 g/mol. The van der Waals surface area contributed by atoms with E-state index >= 15 is 0 Å². The largest absolute Gasteiger partial charge is 0.472 e. The Morgan fingerprint density at radius 1 is 1.26 bits per heavy atom. The summed E-state index contributed by atoms with van der Waals surface area (Å²) in [6.07, 6.45) is 4.11. The lowest BCUT2D eigenvalue weighted by atomic mass is 9.76. The maximum Gasteiger partial charge on any atom is 0.123 e. The Morgan fingerprint density at radius 3 is 2.47 bits per heavy atom. The van der Waals surface area contributed by atoms with Crippen molar-refractivity contribution < 1.29 is 8.81 Å². The van der Waals surface area contributed by atoms with Crippen molar-refractivity contribution >= 4 is 0 Å². The second-order valence-electron chi connectivity index (χ2n) is 5.28. The zero-order chi connectivity index (χ0) is 13.9. The highest BCUT2D eigenvalue weighted by Crippen LogP contribution is 2.29. The third-order valence-corrected chi connectivity index (χ3v) is 3.68. The molecule has 1 atom stereocenters. The van der Waals surface area contributed by atoms with E-state index in [0.29, 0.717) is 0 Å². The molecule has 19 heavy (non-hydrogen) atoms. The molecule has 0 spiro atoms. The van der Waals surface area contributed by atoms with Gasteiger partial charge in [-0.3, -0.25) is 11.3 Å². The summed E-state index contributed by atoms with van der Waals surface area (Å²) in [7, 11) is 0. The molecule has 0 saturated heterocycles. The molecule has 0 aliphatic heterocycles. The first-order chi connectivity index (χ1) is 9.04. The quantitative estimate of drug-likeness (QED) is 0.643. The first kappa shape index (κ1) is 13.8. The molecule has 1 aromatic carbocycles. The summed E-state index contributed by atoms with van der Waals surface area (Å²) in [5, 5.41) is 0. The normalized spacial score (nSPS) is 13.5. The van der Waals surface area contributed by atoms with Crippen LogP contribution in [0.25, 0.3) is 0 Å². The Morgan fingerprint density at radius 2 is 1.95 bits per heavy atom. The zero-order valence-electron chi connectivity index (χ0n) is 11.2. The minimum Gasteiger partial charge on any atom is -0.472 e. The molecule has 1 aromatic heterocycles. The standard InChI is InChI=1S/C15H19FN2O/c1-15(2,12-3-5-13(16)6-4-12)14(18-17)9-11-7-8-19-10-11/h3-8,10,14,18H,9,17H2,1-2H3. The lowest BCUT2D eigenvalue weighted by molar-refractivity contribution is 0.340. The van der Waals surface area contributed by atoms with E-state index in [-0.39, 0.29) is 17.3 Å². The van der Waals surface area contributed by atoms with E-state index in [0.717, 1.165) is 17.5 Å². The SMILES string of the molecule is CC(C)(c1ccc(F)cc1)C(Cc1ccoc1)NN. The van der Waals surface area contributed by atoms with Crippen molar-refractivity contribution in [2.75, 3.05) is 0 Å². The van der Waals surface area contributed by atoms with Crippen LogP contribution in [0.5, 0.6) is 0 Å². The van der Waals surface area contributed by atoms with Crippen LogP contribution in [0.15, 0.2) is 47.3 Å². The number of rotatable bonds is 5. The van der Waals surface area contributed by atoms with Crippen molar-refractivity contribution in [3.8, 4) is 0 Å². The van der Waals surface area contributed by atoms with Gasteiger partial charge in [0.15, 0.2) is 0 Å². The number of hydrogen-bond acceptors (Lipinski definition) is 3. The third kappa shape index (κ3) is 3.03. The fraction of sp³-hybridized carbons (Fsp3) is 0.333. The Hall–Kier alpha value is -1.65. The van der Waals surface area contributed by atoms with Gasteiger partial charge in [-0.25, -0.2) is 4.39 Å². The summed E-state index contributed by atoms with van der Waals surface area (Å²) < 4.78 is 18.1. The molecule has 3 nitrogen and oxygen atoms in total. The van der Waals surface area contributed by atoms with Crippen molar-refractivity contribution in [3.63, 3.8) is 0 Å².